The Morgan fingerprint density at radius 2 is 2.31 bits per heavy atom. The van der Waals surface area contributed by atoms with E-state index >= 15 is 0 Å². The van der Waals surface area contributed by atoms with Gasteiger partial charge in [-0.1, -0.05) is 19.9 Å². The van der Waals surface area contributed by atoms with Crippen LogP contribution in [0.2, 0.25) is 0 Å². The third-order valence-electron chi connectivity index (χ3n) is 2.23. The number of pyridine rings is 1. The largest absolute Gasteiger partial charge is 0.309 e. The number of imidazole rings is 1. The van der Waals surface area contributed by atoms with E-state index in [1.807, 2.05) is 48.8 Å². The van der Waals surface area contributed by atoms with Gasteiger partial charge in [-0.25, -0.2) is 4.98 Å². The zero-order valence-electron chi connectivity index (χ0n) is 9.47. The summed E-state index contributed by atoms with van der Waals surface area (Å²) in [5.41, 5.74) is 0.836. The first-order chi connectivity index (χ1) is 7.65. The minimum Gasteiger partial charge on any atom is -0.309 e. The zero-order valence-corrected chi connectivity index (χ0v) is 9.47. The van der Waals surface area contributed by atoms with Crippen molar-refractivity contribution in [2.45, 2.75) is 20.3 Å². The normalized spacial score (nSPS) is 10.9. The van der Waals surface area contributed by atoms with Crippen LogP contribution in [0.3, 0.4) is 0 Å². The van der Waals surface area contributed by atoms with Crippen molar-refractivity contribution >= 4 is 17.4 Å². The molecule has 0 aromatic carbocycles. The van der Waals surface area contributed by atoms with Gasteiger partial charge in [-0.15, -0.1) is 0 Å². The summed E-state index contributed by atoms with van der Waals surface area (Å²) in [5.74, 6) is 0.979. The number of nitrogens with one attached hydrogen (secondary N) is 1. The van der Waals surface area contributed by atoms with Crippen molar-refractivity contribution in [1.82, 2.24) is 9.38 Å². The maximum atomic E-state index is 11.5. The topological polar surface area (TPSA) is 46.4 Å². The number of hydrogen-bond donors (Lipinski definition) is 1. The van der Waals surface area contributed by atoms with Crippen LogP contribution in [0.5, 0.6) is 0 Å². The number of nitrogens with zero attached hydrogens (tertiary/aromatic N) is 2. The van der Waals surface area contributed by atoms with Gasteiger partial charge in [0.25, 0.3) is 0 Å². The molecule has 1 N–H and O–H groups in total. The smallest absolute Gasteiger partial charge is 0.225 e. The molecule has 0 aliphatic heterocycles. The summed E-state index contributed by atoms with van der Waals surface area (Å²) in [6, 6.07) is 5.74. The molecule has 4 heteroatoms. The Labute approximate surface area is 94.3 Å². The van der Waals surface area contributed by atoms with Gasteiger partial charge in [0, 0.05) is 12.6 Å². The molecule has 0 radical (unpaired) electrons. The molecule has 0 saturated heterocycles. The van der Waals surface area contributed by atoms with Crippen LogP contribution in [-0.2, 0) is 4.79 Å². The molecule has 84 valence electrons. The molecular weight excluding hydrogens is 202 g/mol. The second kappa shape index (κ2) is 4.35. The van der Waals surface area contributed by atoms with Crippen molar-refractivity contribution < 1.29 is 4.79 Å². The number of anilines is 1. The molecule has 0 unspecified atom stereocenters. The maximum absolute atomic E-state index is 11.5. The summed E-state index contributed by atoms with van der Waals surface area (Å²) in [7, 11) is 0. The van der Waals surface area contributed by atoms with Crippen molar-refractivity contribution in [3.05, 3.63) is 30.6 Å². The fraction of sp³-hybridized carbons (Fsp3) is 0.333. The molecule has 2 heterocycles. The average molecular weight is 217 g/mol. The number of rotatable bonds is 3. The molecule has 0 fully saturated rings. The standard InChI is InChI=1S/C12H15N3O/c1-9(2)7-12(16)14-10-8-15-6-4-3-5-11(15)13-10/h3-6,8-9H,7H2,1-2H3,(H,14,16). The second-order valence-electron chi connectivity index (χ2n) is 4.24. The van der Waals surface area contributed by atoms with Crippen molar-refractivity contribution in [3.63, 3.8) is 0 Å². The first-order valence-corrected chi connectivity index (χ1v) is 5.39. The summed E-state index contributed by atoms with van der Waals surface area (Å²) in [6.07, 6.45) is 4.24. The van der Waals surface area contributed by atoms with Crippen molar-refractivity contribution in [1.29, 1.82) is 0 Å². The van der Waals surface area contributed by atoms with Crippen LogP contribution in [0.25, 0.3) is 5.65 Å². The predicted octanol–water partition coefficient (Wildman–Crippen LogP) is 2.32. The number of aromatic nitrogens is 2. The summed E-state index contributed by atoms with van der Waals surface area (Å²) >= 11 is 0. The highest BCUT2D eigenvalue weighted by Crippen LogP contribution is 2.10. The quantitative estimate of drug-likeness (QED) is 0.857. The Morgan fingerprint density at radius 3 is 3.00 bits per heavy atom. The number of hydrogen-bond acceptors (Lipinski definition) is 2. The van der Waals surface area contributed by atoms with Gasteiger partial charge in [-0.05, 0) is 18.1 Å². The van der Waals surface area contributed by atoms with Crippen LogP contribution in [0.4, 0.5) is 5.82 Å². The lowest BCUT2D eigenvalue weighted by atomic mass is 10.1. The highest BCUT2D eigenvalue weighted by Gasteiger charge is 2.07. The number of amides is 1. The fourth-order valence-electron chi connectivity index (χ4n) is 1.56. The zero-order chi connectivity index (χ0) is 11.5. The third kappa shape index (κ3) is 2.39. The van der Waals surface area contributed by atoms with E-state index in [0.29, 0.717) is 18.2 Å². The second-order valence-corrected chi connectivity index (χ2v) is 4.24. The fourth-order valence-corrected chi connectivity index (χ4v) is 1.56. The van der Waals surface area contributed by atoms with Crippen LogP contribution in [0, 0.1) is 5.92 Å². The SMILES string of the molecule is CC(C)CC(=O)Nc1cn2ccccc2n1. The van der Waals surface area contributed by atoms with Crippen LogP contribution < -0.4 is 5.32 Å². The van der Waals surface area contributed by atoms with E-state index in [9.17, 15) is 4.79 Å². The van der Waals surface area contributed by atoms with E-state index < -0.39 is 0 Å². The van der Waals surface area contributed by atoms with Gasteiger partial charge in [-0.3, -0.25) is 4.79 Å². The molecule has 16 heavy (non-hydrogen) atoms. The summed E-state index contributed by atoms with van der Waals surface area (Å²) < 4.78 is 1.88. The molecule has 0 atom stereocenters. The molecular formula is C12H15N3O. The van der Waals surface area contributed by atoms with Crippen LogP contribution in [0.1, 0.15) is 20.3 Å². The lowest BCUT2D eigenvalue weighted by Crippen LogP contribution is -2.13. The van der Waals surface area contributed by atoms with Crippen molar-refractivity contribution in [2.75, 3.05) is 5.32 Å². The molecule has 0 spiro atoms. The molecule has 1 amide bonds. The number of carbonyl (C=O) groups excluding carboxylic acids is 1. The van der Waals surface area contributed by atoms with Crippen LogP contribution >= 0.6 is 0 Å². The highest BCUT2D eigenvalue weighted by atomic mass is 16.1. The van der Waals surface area contributed by atoms with Gasteiger partial charge < -0.3 is 9.72 Å². The van der Waals surface area contributed by atoms with E-state index in [2.05, 4.69) is 10.3 Å². The van der Waals surface area contributed by atoms with E-state index in [0.717, 1.165) is 5.65 Å². The maximum Gasteiger partial charge on any atom is 0.225 e. The lowest BCUT2D eigenvalue weighted by molar-refractivity contribution is -0.116. The van der Waals surface area contributed by atoms with Crippen LogP contribution in [-0.4, -0.2) is 15.3 Å². The van der Waals surface area contributed by atoms with E-state index in [4.69, 9.17) is 0 Å². The average Bonchev–Trinajstić information content (AvgIpc) is 2.57. The van der Waals surface area contributed by atoms with Crippen molar-refractivity contribution in [2.24, 2.45) is 5.92 Å². The van der Waals surface area contributed by atoms with Gasteiger partial charge >= 0.3 is 0 Å². The van der Waals surface area contributed by atoms with Gasteiger partial charge in [0.05, 0.1) is 6.20 Å². The molecule has 0 saturated carbocycles. The lowest BCUT2D eigenvalue weighted by Gasteiger charge is -2.03. The highest BCUT2D eigenvalue weighted by molar-refractivity contribution is 5.90. The summed E-state index contributed by atoms with van der Waals surface area (Å²) in [6.45, 7) is 4.03. The monoisotopic (exact) mass is 217 g/mol. The Kier molecular flexibility index (Phi) is 2.90. The predicted molar refractivity (Wildman–Crippen MR) is 63.3 cm³/mol. The first-order valence-electron chi connectivity index (χ1n) is 5.39. The number of fused-ring (bicyclic) bond motifs is 1. The van der Waals surface area contributed by atoms with E-state index in [1.54, 1.807) is 0 Å². The Morgan fingerprint density at radius 1 is 1.50 bits per heavy atom. The summed E-state index contributed by atoms with van der Waals surface area (Å²) in [4.78, 5) is 15.8. The van der Waals surface area contributed by atoms with E-state index in [1.165, 1.54) is 0 Å². The van der Waals surface area contributed by atoms with Gasteiger partial charge in [0.15, 0.2) is 5.82 Å². The van der Waals surface area contributed by atoms with Gasteiger partial charge in [-0.2, -0.15) is 0 Å². The molecule has 0 aliphatic rings. The third-order valence-corrected chi connectivity index (χ3v) is 2.23. The molecule has 2 aromatic heterocycles. The Balaban J connectivity index is 2.12. The Hall–Kier alpha value is -1.84. The van der Waals surface area contributed by atoms with Crippen LogP contribution in [0.15, 0.2) is 30.6 Å². The molecule has 2 rings (SSSR count). The van der Waals surface area contributed by atoms with Gasteiger partial charge in [0.1, 0.15) is 5.65 Å². The first kappa shape index (κ1) is 10.7. The van der Waals surface area contributed by atoms with Gasteiger partial charge in [0.2, 0.25) is 5.91 Å². The minimum absolute atomic E-state index is 0.0124. The molecule has 0 bridgehead atoms. The molecule has 0 aliphatic carbocycles. The number of carbonyl (C=O) groups is 1. The van der Waals surface area contributed by atoms with E-state index in [-0.39, 0.29) is 5.91 Å². The molecule has 2 aromatic rings. The minimum atomic E-state index is 0.0124. The molecule has 4 nitrogen and oxygen atoms in total. The van der Waals surface area contributed by atoms with Crippen molar-refractivity contribution in [3.8, 4) is 0 Å². The Bertz CT molecular complexity index is 469. The summed E-state index contributed by atoms with van der Waals surface area (Å²) in [5, 5.41) is 2.79.